The van der Waals surface area contributed by atoms with Gasteiger partial charge in [-0.2, -0.15) is 0 Å². The number of aryl methyl sites for hydroxylation is 1. The van der Waals surface area contributed by atoms with Crippen LogP contribution in [-0.2, 0) is 11.3 Å². The van der Waals surface area contributed by atoms with Crippen LogP contribution >= 0.6 is 0 Å². The average molecular weight is 390 g/mol. The summed E-state index contributed by atoms with van der Waals surface area (Å²) in [5.41, 5.74) is 3.53. The predicted molar refractivity (Wildman–Crippen MR) is 111 cm³/mol. The number of rotatable bonds is 7. The molecule has 3 rings (SSSR count). The zero-order valence-corrected chi connectivity index (χ0v) is 16.3. The van der Waals surface area contributed by atoms with Gasteiger partial charge in [0.25, 0.3) is 5.91 Å². The van der Waals surface area contributed by atoms with Crippen LogP contribution in [0.3, 0.4) is 0 Å². The second kappa shape index (κ2) is 9.45. The van der Waals surface area contributed by atoms with Crippen LogP contribution in [0.15, 0.2) is 60.7 Å². The van der Waals surface area contributed by atoms with Gasteiger partial charge >= 0.3 is 5.97 Å². The van der Waals surface area contributed by atoms with Gasteiger partial charge in [-0.3, -0.25) is 4.79 Å². The second-order valence-corrected chi connectivity index (χ2v) is 6.34. The molecular weight excluding hydrogens is 368 g/mol. The van der Waals surface area contributed by atoms with Crippen LogP contribution in [0.4, 0.5) is 11.5 Å². The van der Waals surface area contributed by atoms with Crippen molar-refractivity contribution in [2.75, 3.05) is 17.2 Å². The fourth-order valence-electron chi connectivity index (χ4n) is 2.64. The molecule has 1 aromatic heterocycles. The molecule has 2 N–H and O–H groups in total. The maximum absolute atomic E-state index is 12.3. The smallest absolute Gasteiger partial charge is 0.338 e. The number of amides is 1. The number of carbonyl (C=O) groups is 2. The average Bonchev–Trinajstić information content (AvgIpc) is 2.74. The molecule has 148 valence electrons. The Morgan fingerprint density at radius 3 is 2.38 bits per heavy atom. The van der Waals surface area contributed by atoms with E-state index in [0.29, 0.717) is 30.2 Å². The van der Waals surface area contributed by atoms with Crippen molar-refractivity contribution in [1.82, 2.24) is 10.2 Å². The minimum Gasteiger partial charge on any atom is -0.462 e. The Kier molecular flexibility index (Phi) is 6.52. The molecule has 3 aromatic rings. The van der Waals surface area contributed by atoms with Crippen molar-refractivity contribution in [2.45, 2.75) is 20.4 Å². The molecule has 0 aliphatic carbocycles. The summed E-state index contributed by atoms with van der Waals surface area (Å²) in [6.07, 6.45) is 0. The van der Waals surface area contributed by atoms with Gasteiger partial charge in [-0.1, -0.05) is 24.3 Å². The third-order valence-corrected chi connectivity index (χ3v) is 4.27. The summed E-state index contributed by atoms with van der Waals surface area (Å²) in [6, 6.07) is 17.9. The Labute approximate surface area is 169 Å². The highest BCUT2D eigenvalue weighted by molar-refractivity contribution is 6.03. The molecule has 0 aliphatic rings. The fourth-order valence-corrected chi connectivity index (χ4v) is 2.64. The van der Waals surface area contributed by atoms with E-state index >= 15 is 0 Å². The van der Waals surface area contributed by atoms with E-state index in [9.17, 15) is 9.59 Å². The van der Waals surface area contributed by atoms with Crippen LogP contribution in [-0.4, -0.2) is 28.7 Å². The first-order valence-corrected chi connectivity index (χ1v) is 9.27. The van der Waals surface area contributed by atoms with E-state index in [1.54, 1.807) is 43.3 Å². The summed E-state index contributed by atoms with van der Waals surface area (Å²) in [7, 11) is 0. The Bertz CT molecular complexity index is 986. The molecule has 29 heavy (non-hydrogen) atoms. The standard InChI is InChI=1S/C22H22N4O3/c1-3-29-22(28)16-8-10-18(11-9-16)24-21(27)19-12-13-20(26-25-19)23-14-17-7-5-4-6-15(17)2/h4-13H,3,14H2,1-2H3,(H,23,26)(H,24,27). The lowest BCUT2D eigenvalue weighted by molar-refractivity contribution is 0.0526. The first kappa shape index (κ1) is 20.0. The minimum absolute atomic E-state index is 0.195. The molecule has 2 aromatic carbocycles. The number of hydrogen-bond donors (Lipinski definition) is 2. The predicted octanol–water partition coefficient (Wildman–Crippen LogP) is 3.83. The summed E-state index contributed by atoms with van der Waals surface area (Å²) in [5, 5.41) is 14.0. The van der Waals surface area contributed by atoms with Crippen LogP contribution in [0.5, 0.6) is 0 Å². The van der Waals surface area contributed by atoms with Crippen molar-refractivity contribution in [2.24, 2.45) is 0 Å². The SMILES string of the molecule is CCOC(=O)c1ccc(NC(=O)c2ccc(NCc3ccccc3C)nn2)cc1. The zero-order chi connectivity index (χ0) is 20.6. The van der Waals surface area contributed by atoms with E-state index in [0.717, 1.165) is 0 Å². The van der Waals surface area contributed by atoms with E-state index < -0.39 is 5.97 Å². The first-order chi connectivity index (χ1) is 14.1. The minimum atomic E-state index is -0.398. The molecule has 7 heteroatoms. The molecule has 0 spiro atoms. The third-order valence-electron chi connectivity index (χ3n) is 4.27. The molecule has 0 fully saturated rings. The first-order valence-electron chi connectivity index (χ1n) is 9.27. The van der Waals surface area contributed by atoms with Gasteiger partial charge in [0.2, 0.25) is 0 Å². The molecular formula is C22H22N4O3. The monoisotopic (exact) mass is 390 g/mol. The number of nitrogens with one attached hydrogen (secondary N) is 2. The number of nitrogens with zero attached hydrogens (tertiary/aromatic N) is 2. The van der Waals surface area contributed by atoms with Gasteiger partial charge in [-0.05, 0) is 61.4 Å². The van der Waals surface area contributed by atoms with E-state index in [-0.39, 0.29) is 11.6 Å². The largest absolute Gasteiger partial charge is 0.462 e. The quantitative estimate of drug-likeness (QED) is 0.596. The summed E-state index contributed by atoms with van der Waals surface area (Å²) >= 11 is 0. The van der Waals surface area contributed by atoms with Gasteiger partial charge in [-0.15, -0.1) is 10.2 Å². The zero-order valence-electron chi connectivity index (χ0n) is 16.3. The highest BCUT2D eigenvalue weighted by atomic mass is 16.5. The number of hydrogen-bond acceptors (Lipinski definition) is 6. The Morgan fingerprint density at radius 1 is 0.966 bits per heavy atom. The number of carbonyl (C=O) groups excluding carboxylic acids is 2. The number of anilines is 2. The van der Waals surface area contributed by atoms with Gasteiger partial charge in [0.05, 0.1) is 12.2 Å². The molecule has 0 saturated heterocycles. The normalized spacial score (nSPS) is 10.3. The van der Waals surface area contributed by atoms with Crippen LogP contribution in [0.25, 0.3) is 0 Å². The maximum Gasteiger partial charge on any atom is 0.338 e. The fraction of sp³-hybridized carbons (Fsp3) is 0.182. The molecule has 0 atom stereocenters. The molecule has 0 unspecified atom stereocenters. The van der Waals surface area contributed by atoms with E-state index in [4.69, 9.17) is 4.74 Å². The number of esters is 1. The Balaban J connectivity index is 1.57. The molecule has 0 aliphatic heterocycles. The van der Waals surface area contributed by atoms with Crippen LogP contribution in [0.1, 0.15) is 38.9 Å². The molecule has 1 amide bonds. The van der Waals surface area contributed by atoms with Crippen LogP contribution in [0, 0.1) is 6.92 Å². The Hall–Kier alpha value is -3.74. The van der Waals surface area contributed by atoms with Gasteiger partial charge in [0.1, 0.15) is 5.82 Å². The number of aromatic nitrogens is 2. The molecule has 7 nitrogen and oxygen atoms in total. The van der Waals surface area contributed by atoms with Crippen molar-refractivity contribution < 1.29 is 14.3 Å². The molecule has 0 radical (unpaired) electrons. The topological polar surface area (TPSA) is 93.2 Å². The van der Waals surface area contributed by atoms with Crippen molar-refractivity contribution >= 4 is 23.4 Å². The highest BCUT2D eigenvalue weighted by Crippen LogP contribution is 2.13. The van der Waals surface area contributed by atoms with Gasteiger partial charge in [0.15, 0.2) is 5.69 Å². The third kappa shape index (κ3) is 5.38. The maximum atomic E-state index is 12.3. The van der Waals surface area contributed by atoms with E-state index in [1.165, 1.54) is 11.1 Å². The number of benzene rings is 2. The molecule has 0 saturated carbocycles. The Morgan fingerprint density at radius 2 is 1.72 bits per heavy atom. The lowest BCUT2D eigenvalue weighted by atomic mass is 10.1. The van der Waals surface area contributed by atoms with Gasteiger partial charge < -0.3 is 15.4 Å². The summed E-state index contributed by atoms with van der Waals surface area (Å²) < 4.78 is 4.93. The van der Waals surface area contributed by atoms with Gasteiger partial charge in [0, 0.05) is 12.2 Å². The summed E-state index contributed by atoms with van der Waals surface area (Å²) in [5.74, 6) is -0.194. The molecule has 1 heterocycles. The summed E-state index contributed by atoms with van der Waals surface area (Å²) in [6.45, 7) is 4.73. The molecule has 0 bridgehead atoms. The second-order valence-electron chi connectivity index (χ2n) is 6.34. The van der Waals surface area contributed by atoms with Crippen molar-refractivity contribution in [3.05, 3.63) is 83.0 Å². The van der Waals surface area contributed by atoms with Crippen LogP contribution < -0.4 is 10.6 Å². The van der Waals surface area contributed by atoms with Crippen molar-refractivity contribution in [3.8, 4) is 0 Å². The summed E-state index contributed by atoms with van der Waals surface area (Å²) in [4.78, 5) is 24.0. The van der Waals surface area contributed by atoms with Crippen molar-refractivity contribution in [3.63, 3.8) is 0 Å². The highest BCUT2D eigenvalue weighted by Gasteiger charge is 2.10. The van der Waals surface area contributed by atoms with Crippen molar-refractivity contribution in [1.29, 1.82) is 0 Å². The number of ether oxygens (including phenoxy) is 1. The lowest BCUT2D eigenvalue weighted by Crippen LogP contribution is -2.15. The lowest BCUT2D eigenvalue weighted by Gasteiger charge is -2.08. The van der Waals surface area contributed by atoms with Crippen LogP contribution in [0.2, 0.25) is 0 Å². The van der Waals surface area contributed by atoms with E-state index in [1.807, 2.05) is 18.2 Å². The van der Waals surface area contributed by atoms with Gasteiger partial charge in [-0.25, -0.2) is 4.79 Å². The van der Waals surface area contributed by atoms with E-state index in [2.05, 4.69) is 33.8 Å².